The lowest BCUT2D eigenvalue weighted by atomic mass is 9.97. The first-order valence-corrected chi connectivity index (χ1v) is 9.86. The van der Waals surface area contributed by atoms with Crippen LogP contribution in [0, 0.1) is 0 Å². The van der Waals surface area contributed by atoms with E-state index in [0.29, 0.717) is 27.5 Å². The molecule has 0 spiro atoms. The predicted molar refractivity (Wildman–Crippen MR) is 117 cm³/mol. The van der Waals surface area contributed by atoms with Crippen molar-refractivity contribution in [2.24, 2.45) is 0 Å². The molecule has 1 N–H and O–H groups in total. The molecule has 144 valence electrons. The molecule has 0 aliphatic carbocycles. The van der Waals surface area contributed by atoms with Gasteiger partial charge in [-0.25, -0.2) is 0 Å². The van der Waals surface area contributed by atoms with Crippen molar-refractivity contribution in [1.29, 1.82) is 0 Å². The molecule has 28 heavy (non-hydrogen) atoms. The third-order valence-corrected chi connectivity index (χ3v) is 4.97. The van der Waals surface area contributed by atoms with Gasteiger partial charge in [0.2, 0.25) is 5.91 Å². The summed E-state index contributed by atoms with van der Waals surface area (Å²) >= 11 is 12.1. The third kappa shape index (κ3) is 5.06. The number of carbonyl (C=O) groups is 1. The highest BCUT2D eigenvalue weighted by atomic mass is 35.5. The van der Waals surface area contributed by atoms with Crippen LogP contribution in [0.2, 0.25) is 10.0 Å². The van der Waals surface area contributed by atoms with Gasteiger partial charge in [-0.2, -0.15) is 0 Å². The maximum absolute atomic E-state index is 12.3. The second-order valence-electron chi connectivity index (χ2n) is 6.58. The van der Waals surface area contributed by atoms with Gasteiger partial charge in [-0.15, -0.1) is 0 Å². The molecule has 0 saturated carbocycles. The highest BCUT2D eigenvalue weighted by Gasteiger charge is 2.10. The van der Waals surface area contributed by atoms with Gasteiger partial charge in [0.25, 0.3) is 0 Å². The number of benzene rings is 2. The summed E-state index contributed by atoms with van der Waals surface area (Å²) in [5.41, 5.74) is 2.74. The zero-order valence-electron chi connectivity index (χ0n) is 15.7. The van der Waals surface area contributed by atoms with E-state index in [1.807, 2.05) is 30.3 Å². The fourth-order valence-corrected chi connectivity index (χ4v) is 3.41. The number of anilines is 1. The molecule has 0 aliphatic heterocycles. The zero-order valence-corrected chi connectivity index (χ0v) is 17.2. The second-order valence-corrected chi connectivity index (χ2v) is 7.45. The van der Waals surface area contributed by atoms with Crippen molar-refractivity contribution in [3.05, 3.63) is 82.0 Å². The topological polar surface area (TPSA) is 42.2 Å². The molecule has 1 aromatic heterocycles. The minimum absolute atomic E-state index is 0.209. The van der Waals surface area contributed by atoms with E-state index in [9.17, 15) is 4.79 Å². The Hall–Kier alpha value is -2.49. The quantitative estimate of drug-likeness (QED) is 0.427. The number of hydrogen-bond donors (Lipinski definition) is 1. The van der Waals surface area contributed by atoms with Crippen LogP contribution in [0.1, 0.15) is 37.5 Å². The fourth-order valence-electron chi connectivity index (χ4n) is 2.89. The number of rotatable bonds is 6. The van der Waals surface area contributed by atoms with Crippen LogP contribution >= 0.6 is 23.2 Å². The fraction of sp³-hybridized carbons (Fsp3) is 0.174. The van der Waals surface area contributed by atoms with Crippen molar-refractivity contribution >= 4 is 40.9 Å². The molecule has 0 aliphatic rings. The summed E-state index contributed by atoms with van der Waals surface area (Å²) in [4.78, 5) is 12.3. The van der Waals surface area contributed by atoms with Crippen LogP contribution in [-0.4, -0.2) is 5.91 Å². The minimum atomic E-state index is -0.209. The van der Waals surface area contributed by atoms with Crippen molar-refractivity contribution in [2.75, 3.05) is 5.32 Å². The molecule has 0 saturated heterocycles. The van der Waals surface area contributed by atoms with Crippen molar-refractivity contribution < 1.29 is 9.21 Å². The van der Waals surface area contributed by atoms with Crippen LogP contribution in [0.15, 0.2) is 65.1 Å². The summed E-state index contributed by atoms with van der Waals surface area (Å²) in [6.07, 6.45) is 4.10. The molecule has 0 unspecified atom stereocenters. The summed E-state index contributed by atoms with van der Waals surface area (Å²) in [6, 6.07) is 16.7. The SMILES string of the molecule is CC[C@@H](C)c1ccccc1NC(=O)/C=C/c1ccc(-c2cc(Cl)cc(Cl)c2)o1. The van der Waals surface area contributed by atoms with Crippen LogP contribution < -0.4 is 5.32 Å². The van der Waals surface area contributed by atoms with Crippen molar-refractivity contribution in [2.45, 2.75) is 26.2 Å². The van der Waals surface area contributed by atoms with Crippen molar-refractivity contribution in [3.63, 3.8) is 0 Å². The molecular weight excluding hydrogens is 393 g/mol. The Bertz CT molecular complexity index is 987. The lowest BCUT2D eigenvalue weighted by molar-refractivity contribution is -0.111. The van der Waals surface area contributed by atoms with Crippen LogP contribution in [0.3, 0.4) is 0 Å². The highest BCUT2D eigenvalue weighted by Crippen LogP contribution is 2.29. The number of para-hydroxylation sites is 1. The molecule has 3 rings (SSSR count). The summed E-state index contributed by atoms with van der Waals surface area (Å²) < 4.78 is 5.78. The molecule has 1 atom stereocenters. The van der Waals surface area contributed by atoms with Crippen LogP contribution in [0.4, 0.5) is 5.69 Å². The van der Waals surface area contributed by atoms with E-state index < -0.39 is 0 Å². The normalized spacial score (nSPS) is 12.3. The Balaban J connectivity index is 1.71. The van der Waals surface area contributed by atoms with E-state index in [0.717, 1.165) is 23.2 Å². The average molecular weight is 414 g/mol. The standard InChI is InChI=1S/C23H21Cl2NO2/c1-3-15(2)20-6-4-5-7-21(20)26-23(27)11-9-19-8-10-22(28-19)16-12-17(24)14-18(25)13-16/h4-15H,3H2,1-2H3,(H,26,27)/b11-9+/t15-/m1/s1. The number of amides is 1. The van der Waals surface area contributed by atoms with Crippen LogP contribution in [-0.2, 0) is 4.79 Å². The first kappa shape index (κ1) is 20.2. The Labute approximate surface area is 175 Å². The van der Waals surface area contributed by atoms with Gasteiger partial charge < -0.3 is 9.73 Å². The second kappa shape index (κ2) is 9.13. The molecule has 1 heterocycles. The summed E-state index contributed by atoms with van der Waals surface area (Å²) in [6.45, 7) is 4.28. The summed E-state index contributed by atoms with van der Waals surface area (Å²) in [7, 11) is 0. The van der Waals surface area contributed by atoms with E-state index in [2.05, 4.69) is 19.2 Å². The lowest BCUT2D eigenvalue weighted by Crippen LogP contribution is -2.10. The smallest absolute Gasteiger partial charge is 0.248 e. The predicted octanol–water partition coefficient (Wildman–Crippen LogP) is 7.42. The summed E-state index contributed by atoms with van der Waals surface area (Å²) in [5, 5.41) is 4.02. The first-order chi connectivity index (χ1) is 13.5. The Morgan fingerprint density at radius 1 is 1.11 bits per heavy atom. The molecule has 0 bridgehead atoms. The minimum Gasteiger partial charge on any atom is -0.457 e. The molecule has 3 aromatic rings. The van der Waals surface area contributed by atoms with Crippen molar-refractivity contribution in [1.82, 2.24) is 0 Å². The molecule has 2 aromatic carbocycles. The van der Waals surface area contributed by atoms with Gasteiger partial charge in [-0.1, -0.05) is 55.2 Å². The van der Waals surface area contributed by atoms with E-state index in [1.165, 1.54) is 6.08 Å². The van der Waals surface area contributed by atoms with Gasteiger partial charge in [-0.05, 0) is 60.4 Å². The van der Waals surface area contributed by atoms with E-state index in [4.69, 9.17) is 27.6 Å². The Morgan fingerprint density at radius 2 is 1.82 bits per heavy atom. The average Bonchev–Trinajstić information content (AvgIpc) is 3.14. The lowest BCUT2D eigenvalue weighted by Gasteiger charge is -2.14. The van der Waals surface area contributed by atoms with Gasteiger partial charge in [0.05, 0.1) is 0 Å². The summed E-state index contributed by atoms with van der Waals surface area (Å²) in [5.74, 6) is 1.36. The van der Waals surface area contributed by atoms with Gasteiger partial charge >= 0.3 is 0 Å². The highest BCUT2D eigenvalue weighted by molar-refractivity contribution is 6.35. The number of carbonyl (C=O) groups excluding carboxylic acids is 1. The number of nitrogens with one attached hydrogen (secondary N) is 1. The van der Waals surface area contributed by atoms with Gasteiger partial charge in [-0.3, -0.25) is 4.79 Å². The molecule has 0 radical (unpaired) electrons. The van der Waals surface area contributed by atoms with Gasteiger partial charge in [0, 0.05) is 27.4 Å². The van der Waals surface area contributed by atoms with E-state index in [-0.39, 0.29) is 5.91 Å². The zero-order chi connectivity index (χ0) is 20.1. The van der Waals surface area contributed by atoms with Crippen molar-refractivity contribution in [3.8, 4) is 11.3 Å². The van der Waals surface area contributed by atoms with E-state index >= 15 is 0 Å². The maximum Gasteiger partial charge on any atom is 0.248 e. The largest absolute Gasteiger partial charge is 0.457 e. The molecule has 0 fully saturated rings. The van der Waals surface area contributed by atoms with Gasteiger partial charge in [0.1, 0.15) is 11.5 Å². The third-order valence-electron chi connectivity index (χ3n) is 4.53. The Kier molecular flexibility index (Phi) is 6.61. The van der Waals surface area contributed by atoms with E-state index in [1.54, 1.807) is 30.3 Å². The first-order valence-electron chi connectivity index (χ1n) is 9.10. The molecule has 3 nitrogen and oxygen atoms in total. The van der Waals surface area contributed by atoms with Crippen LogP contribution in [0.5, 0.6) is 0 Å². The number of furan rings is 1. The molecular formula is C23H21Cl2NO2. The molecule has 1 amide bonds. The Morgan fingerprint density at radius 3 is 2.54 bits per heavy atom. The van der Waals surface area contributed by atoms with Gasteiger partial charge in [0.15, 0.2) is 0 Å². The van der Waals surface area contributed by atoms with Crippen LogP contribution in [0.25, 0.3) is 17.4 Å². The number of halogens is 2. The molecule has 5 heteroatoms. The monoisotopic (exact) mass is 413 g/mol. The number of hydrogen-bond acceptors (Lipinski definition) is 2. The maximum atomic E-state index is 12.3.